The molecule has 0 aliphatic heterocycles. The zero-order chi connectivity index (χ0) is 22.3. The summed E-state index contributed by atoms with van der Waals surface area (Å²) in [5.74, 6) is 0.986. The molecule has 0 radical (unpaired) electrons. The van der Waals surface area contributed by atoms with Crippen molar-refractivity contribution in [1.82, 2.24) is 0 Å². The van der Waals surface area contributed by atoms with Gasteiger partial charge in [-0.2, -0.15) is 0 Å². The largest absolute Gasteiger partial charge is 0.497 e. The lowest BCUT2D eigenvalue weighted by Gasteiger charge is -2.31. The van der Waals surface area contributed by atoms with Crippen LogP contribution < -0.4 is 9.47 Å². The van der Waals surface area contributed by atoms with E-state index in [1.54, 1.807) is 7.11 Å². The molecule has 0 bridgehead atoms. The zero-order valence-corrected chi connectivity index (χ0v) is 19.5. The molecule has 2 atom stereocenters. The van der Waals surface area contributed by atoms with Crippen molar-refractivity contribution < 1.29 is 14.3 Å². The van der Waals surface area contributed by atoms with E-state index in [1.807, 2.05) is 36.4 Å². The summed E-state index contributed by atoms with van der Waals surface area (Å²) in [4.78, 5) is 13.6. The maximum absolute atomic E-state index is 13.6. The molecule has 0 saturated heterocycles. The molecular formula is C27H34O3. The molecule has 0 heterocycles. The molecule has 2 aromatic carbocycles. The Labute approximate surface area is 181 Å². The molecular weight excluding hydrogens is 372 g/mol. The number of fused-ring (bicyclic) bond motifs is 1. The Hall–Kier alpha value is -2.55. The zero-order valence-electron chi connectivity index (χ0n) is 19.5. The Balaban J connectivity index is 2.12. The van der Waals surface area contributed by atoms with Crippen LogP contribution in [-0.2, 0) is 15.6 Å². The van der Waals surface area contributed by atoms with Crippen LogP contribution in [0.4, 0.5) is 0 Å². The number of allylic oxidation sites excluding steroid dienone is 1. The predicted octanol–water partition coefficient (Wildman–Crippen LogP) is 6.64. The summed E-state index contributed by atoms with van der Waals surface area (Å²) in [6.07, 6.45) is 4.19. The van der Waals surface area contributed by atoms with E-state index in [0.717, 1.165) is 28.0 Å². The molecule has 30 heavy (non-hydrogen) atoms. The van der Waals surface area contributed by atoms with Crippen LogP contribution in [0.15, 0.2) is 42.5 Å². The van der Waals surface area contributed by atoms with E-state index in [2.05, 4.69) is 60.6 Å². The molecule has 3 heteroatoms. The van der Waals surface area contributed by atoms with E-state index in [4.69, 9.17) is 9.47 Å². The number of methoxy groups -OCH3 is 1. The van der Waals surface area contributed by atoms with Crippen molar-refractivity contribution in [3.63, 3.8) is 0 Å². The highest BCUT2D eigenvalue weighted by molar-refractivity contribution is 5.84. The molecule has 0 fully saturated rings. The van der Waals surface area contributed by atoms with E-state index in [0.29, 0.717) is 5.75 Å². The Morgan fingerprint density at radius 3 is 2.03 bits per heavy atom. The number of hydrogen-bond donors (Lipinski definition) is 0. The second-order valence-electron chi connectivity index (χ2n) is 10.3. The third-order valence-corrected chi connectivity index (χ3v) is 5.81. The highest BCUT2D eigenvalue weighted by Gasteiger charge is 2.35. The summed E-state index contributed by atoms with van der Waals surface area (Å²) in [5, 5.41) is 0. The van der Waals surface area contributed by atoms with Gasteiger partial charge in [0, 0.05) is 11.1 Å². The third kappa shape index (κ3) is 4.30. The highest BCUT2D eigenvalue weighted by atomic mass is 16.5. The monoisotopic (exact) mass is 406 g/mol. The summed E-state index contributed by atoms with van der Waals surface area (Å²) in [6.45, 7) is 14.9. The van der Waals surface area contributed by atoms with Crippen LogP contribution in [0.25, 0.3) is 6.08 Å². The van der Waals surface area contributed by atoms with Crippen LogP contribution in [-0.4, -0.2) is 13.1 Å². The Kier molecular flexibility index (Phi) is 5.86. The van der Waals surface area contributed by atoms with Gasteiger partial charge in [-0.1, -0.05) is 84.9 Å². The Morgan fingerprint density at radius 1 is 0.933 bits per heavy atom. The molecule has 1 aliphatic carbocycles. The van der Waals surface area contributed by atoms with Crippen LogP contribution in [0.2, 0.25) is 0 Å². The minimum Gasteiger partial charge on any atom is -0.497 e. The van der Waals surface area contributed by atoms with Crippen molar-refractivity contribution in [2.45, 2.75) is 65.2 Å². The van der Waals surface area contributed by atoms with Crippen molar-refractivity contribution in [3.8, 4) is 11.5 Å². The summed E-state index contributed by atoms with van der Waals surface area (Å²) in [7, 11) is 1.67. The maximum atomic E-state index is 13.6. The molecule has 0 saturated carbocycles. The van der Waals surface area contributed by atoms with Crippen LogP contribution in [0, 0.1) is 5.92 Å². The minimum absolute atomic E-state index is 0.0711. The fourth-order valence-electron chi connectivity index (χ4n) is 4.05. The second-order valence-corrected chi connectivity index (χ2v) is 10.3. The molecule has 0 unspecified atom stereocenters. The van der Waals surface area contributed by atoms with E-state index in [1.165, 1.54) is 0 Å². The van der Waals surface area contributed by atoms with Gasteiger partial charge in [-0.25, -0.2) is 0 Å². The SMILES string of the molecule is COc1cc(C(C)(C)C)c(OC(=O)[C@@H]2c3ccccc3C=C[C@@H]2C)c(C(C)(C)C)c1. The summed E-state index contributed by atoms with van der Waals surface area (Å²) in [6, 6.07) is 12.1. The van der Waals surface area contributed by atoms with Gasteiger partial charge < -0.3 is 9.47 Å². The number of hydrogen-bond acceptors (Lipinski definition) is 3. The molecule has 0 N–H and O–H groups in total. The smallest absolute Gasteiger partial charge is 0.319 e. The van der Waals surface area contributed by atoms with Crippen LogP contribution in [0.5, 0.6) is 11.5 Å². The third-order valence-electron chi connectivity index (χ3n) is 5.81. The van der Waals surface area contributed by atoms with E-state index in [-0.39, 0.29) is 28.6 Å². The molecule has 0 aromatic heterocycles. The van der Waals surface area contributed by atoms with Crippen molar-refractivity contribution >= 4 is 12.0 Å². The standard InChI is InChI=1S/C27H34O3/c1-17-13-14-18-11-9-10-12-20(18)23(17)25(28)30-24-21(26(2,3)4)15-19(29-8)16-22(24)27(5,6)7/h9-17,23H,1-8H3/t17-,23-/m0/s1. The number of ether oxygens (including phenoxy) is 2. The topological polar surface area (TPSA) is 35.5 Å². The van der Waals surface area contributed by atoms with Gasteiger partial charge in [-0.05, 0) is 40.0 Å². The molecule has 1 aliphatic rings. The van der Waals surface area contributed by atoms with Gasteiger partial charge in [0.15, 0.2) is 0 Å². The van der Waals surface area contributed by atoms with Gasteiger partial charge in [0.05, 0.1) is 13.0 Å². The summed E-state index contributed by atoms with van der Waals surface area (Å²) < 4.78 is 11.8. The first kappa shape index (κ1) is 22.1. The lowest BCUT2D eigenvalue weighted by molar-refractivity contribution is -0.137. The molecule has 2 aromatic rings. The Bertz CT molecular complexity index is 935. The molecule has 160 valence electrons. The lowest BCUT2D eigenvalue weighted by Crippen LogP contribution is -2.28. The predicted molar refractivity (Wildman–Crippen MR) is 123 cm³/mol. The highest BCUT2D eigenvalue weighted by Crippen LogP contribution is 2.44. The van der Waals surface area contributed by atoms with Gasteiger partial charge >= 0.3 is 5.97 Å². The van der Waals surface area contributed by atoms with Crippen LogP contribution in [0.1, 0.15) is 76.6 Å². The quantitative estimate of drug-likeness (QED) is 0.423. The van der Waals surface area contributed by atoms with Crippen LogP contribution in [0.3, 0.4) is 0 Å². The summed E-state index contributed by atoms with van der Waals surface area (Å²) >= 11 is 0. The van der Waals surface area contributed by atoms with Gasteiger partial charge in [0.1, 0.15) is 11.5 Å². The van der Waals surface area contributed by atoms with E-state index < -0.39 is 0 Å². The molecule has 0 spiro atoms. The van der Waals surface area contributed by atoms with Crippen molar-refractivity contribution in [3.05, 3.63) is 64.7 Å². The number of rotatable bonds is 3. The van der Waals surface area contributed by atoms with E-state index in [9.17, 15) is 4.79 Å². The molecule has 3 rings (SSSR count). The van der Waals surface area contributed by atoms with E-state index >= 15 is 0 Å². The van der Waals surface area contributed by atoms with Gasteiger partial charge in [-0.15, -0.1) is 0 Å². The van der Waals surface area contributed by atoms with Crippen molar-refractivity contribution in [2.75, 3.05) is 7.11 Å². The first-order valence-corrected chi connectivity index (χ1v) is 10.7. The Morgan fingerprint density at radius 2 is 1.50 bits per heavy atom. The average molecular weight is 407 g/mol. The first-order chi connectivity index (χ1) is 13.9. The number of benzene rings is 2. The minimum atomic E-state index is -0.325. The fourth-order valence-corrected chi connectivity index (χ4v) is 4.05. The first-order valence-electron chi connectivity index (χ1n) is 10.7. The fraction of sp³-hybridized carbons (Fsp3) is 0.444. The van der Waals surface area contributed by atoms with Crippen molar-refractivity contribution in [1.29, 1.82) is 0 Å². The lowest BCUT2D eigenvalue weighted by atomic mass is 9.78. The van der Waals surface area contributed by atoms with Gasteiger partial charge in [0.25, 0.3) is 0 Å². The maximum Gasteiger partial charge on any atom is 0.319 e. The number of esters is 1. The normalized spacial score (nSPS) is 18.7. The molecule has 0 amide bonds. The second kappa shape index (κ2) is 7.94. The summed E-state index contributed by atoms with van der Waals surface area (Å²) in [5.41, 5.74) is 3.65. The van der Waals surface area contributed by atoms with Gasteiger partial charge in [0.2, 0.25) is 0 Å². The average Bonchev–Trinajstić information content (AvgIpc) is 2.66. The van der Waals surface area contributed by atoms with Crippen LogP contribution >= 0.6 is 0 Å². The van der Waals surface area contributed by atoms with Crippen molar-refractivity contribution in [2.24, 2.45) is 5.92 Å². The number of carbonyl (C=O) groups excluding carboxylic acids is 1. The van der Waals surface area contributed by atoms with Gasteiger partial charge in [-0.3, -0.25) is 4.79 Å². The number of carbonyl (C=O) groups is 1. The molecule has 3 nitrogen and oxygen atoms in total.